The van der Waals surface area contributed by atoms with Crippen LogP contribution in [0, 0.1) is 0 Å². The molecule has 160 valence electrons. The van der Waals surface area contributed by atoms with Crippen LogP contribution in [-0.2, 0) is 10.2 Å². The number of nitrogens with one attached hydrogen (secondary N) is 1. The third kappa shape index (κ3) is 5.09. The van der Waals surface area contributed by atoms with E-state index < -0.39 is 0 Å². The van der Waals surface area contributed by atoms with Gasteiger partial charge in [0.25, 0.3) is 5.91 Å². The predicted octanol–water partition coefficient (Wildman–Crippen LogP) is 4.53. The number of carbonyl (C=O) groups is 1. The highest BCUT2D eigenvalue weighted by molar-refractivity contribution is 6.04. The van der Waals surface area contributed by atoms with Crippen LogP contribution < -0.4 is 10.2 Å². The van der Waals surface area contributed by atoms with Gasteiger partial charge in [0.15, 0.2) is 5.82 Å². The first-order valence-electron chi connectivity index (χ1n) is 10.6. The van der Waals surface area contributed by atoms with Crippen molar-refractivity contribution in [3.05, 3.63) is 71.8 Å². The van der Waals surface area contributed by atoms with Gasteiger partial charge in [0.1, 0.15) is 0 Å². The summed E-state index contributed by atoms with van der Waals surface area (Å²) < 4.78 is 5.39. The molecule has 0 atom stereocenters. The summed E-state index contributed by atoms with van der Waals surface area (Å²) in [5.74, 6) is 0.724. The summed E-state index contributed by atoms with van der Waals surface area (Å²) in [5, 5.41) is 11.7. The zero-order valence-corrected chi connectivity index (χ0v) is 18.3. The molecule has 1 aliphatic heterocycles. The molecular formula is C25H28N4O2. The number of hydrogen-bond acceptors (Lipinski definition) is 5. The number of nitrogens with zero attached hydrogens (tertiary/aromatic N) is 3. The number of carbonyl (C=O) groups excluding carboxylic acids is 1. The lowest BCUT2D eigenvalue weighted by molar-refractivity contribution is 0.102. The smallest absolute Gasteiger partial charge is 0.255 e. The second-order valence-electron chi connectivity index (χ2n) is 8.74. The Bertz CT molecular complexity index is 1030. The van der Waals surface area contributed by atoms with Gasteiger partial charge in [-0.1, -0.05) is 45.0 Å². The molecule has 1 N–H and O–H groups in total. The maximum absolute atomic E-state index is 12.7. The predicted molar refractivity (Wildman–Crippen MR) is 124 cm³/mol. The third-order valence-electron chi connectivity index (χ3n) is 5.41. The van der Waals surface area contributed by atoms with Gasteiger partial charge in [0, 0.05) is 29.9 Å². The Morgan fingerprint density at radius 1 is 0.968 bits per heavy atom. The molecule has 31 heavy (non-hydrogen) atoms. The normalized spacial score (nSPS) is 14.4. The summed E-state index contributed by atoms with van der Waals surface area (Å²) in [6, 6.07) is 19.4. The number of aromatic nitrogens is 2. The Morgan fingerprint density at radius 2 is 1.71 bits per heavy atom. The van der Waals surface area contributed by atoms with E-state index in [2.05, 4.69) is 41.2 Å². The molecular weight excluding hydrogens is 388 g/mol. The molecule has 0 unspecified atom stereocenters. The molecule has 1 aromatic heterocycles. The van der Waals surface area contributed by atoms with Gasteiger partial charge in [-0.3, -0.25) is 4.79 Å². The van der Waals surface area contributed by atoms with E-state index in [4.69, 9.17) is 4.74 Å². The van der Waals surface area contributed by atoms with E-state index in [0.717, 1.165) is 35.9 Å². The zero-order chi connectivity index (χ0) is 21.8. The maximum Gasteiger partial charge on any atom is 0.255 e. The minimum Gasteiger partial charge on any atom is -0.378 e. The third-order valence-corrected chi connectivity index (χ3v) is 5.41. The highest BCUT2D eigenvalue weighted by Gasteiger charge is 2.15. The highest BCUT2D eigenvalue weighted by Crippen LogP contribution is 2.24. The maximum atomic E-state index is 12.7. The lowest BCUT2D eigenvalue weighted by Gasteiger charge is -2.27. The summed E-state index contributed by atoms with van der Waals surface area (Å²) in [5.41, 5.74) is 4.28. The number of hydrogen-bond donors (Lipinski definition) is 1. The molecule has 4 rings (SSSR count). The number of morpholine rings is 1. The van der Waals surface area contributed by atoms with Crippen molar-refractivity contribution in [3.63, 3.8) is 0 Å². The molecule has 0 radical (unpaired) electrons. The molecule has 1 amide bonds. The lowest BCUT2D eigenvalue weighted by atomic mass is 9.87. The second-order valence-corrected chi connectivity index (χ2v) is 8.74. The minimum atomic E-state index is -0.133. The van der Waals surface area contributed by atoms with E-state index in [-0.39, 0.29) is 11.3 Å². The van der Waals surface area contributed by atoms with Gasteiger partial charge in [-0.25, -0.2) is 0 Å². The quantitative estimate of drug-likeness (QED) is 0.677. The van der Waals surface area contributed by atoms with E-state index >= 15 is 0 Å². The Balaban J connectivity index is 1.46. The van der Waals surface area contributed by atoms with Crippen molar-refractivity contribution in [3.8, 4) is 11.3 Å². The molecule has 1 aliphatic rings. The summed E-state index contributed by atoms with van der Waals surface area (Å²) >= 11 is 0. The molecule has 1 fully saturated rings. The van der Waals surface area contributed by atoms with Crippen LogP contribution >= 0.6 is 0 Å². The Hall–Kier alpha value is -3.25. The minimum absolute atomic E-state index is 0.0572. The molecule has 6 nitrogen and oxygen atoms in total. The molecule has 6 heteroatoms. The van der Waals surface area contributed by atoms with Crippen molar-refractivity contribution >= 4 is 17.4 Å². The van der Waals surface area contributed by atoms with E-state index in [0.29, 0.717) is 18.8 Å². The van der Waals surface area contributed by atoms with E-state index in [1.807, 2.05) is 60.7 Å². The van der Waals surface area contributed by atoms with Gasteiger partial charge in [-0.15, -0.1) is 10.2 Å². The molecule has 0 aliphatic carbocycles. The van der Waals surface area contributed by atoms with Gasteiger partial charge in [-0.05, 0) is 47.4 Å². The van der Waals surface area contributed by atoms with Gasteiger partial charge < -0.3 is 15.0 Å². The van der Waals surface area contributed by atoms with Crippen LogP contribution in [0.1, 0.15) is 36.7 Å². The van der Waals surface area contributed by atoms with Gasteiger partial charge in [0.2, 0.25) is 0 Å². The van der Waals surface area contributed by atoms with Crippen LogP contribution in [0.5, 0.6) is 0 Å². The first-order valence-corrected chi connectivity index (χ1v) is 10.6. The molecule has 2 heterocycles. The average Bonchev–Trinajstić information content (AvgIpc) is 2.79. The summed E-state index contributed by atoms with van der Waals surface area (Å²) in [7, 11) is 0. The summed E-state index contributed by atoms with van der Waals surface area (Å²) in [6.07, 6.45) is 0. The van der Waals surface area contributed by atoms with Crippen LogP contribution in [0.4, 0.5) is 11.5 Å². The van der Waals surface area contributed by atoms with Gasteiger partial charge >= 0.3 is 0 Å². The van der Waals surface area contributed by atoms with Crippen molar-refractivity contribution in [2.75, 3.05) is 36.5 Å². The Morgan fingerprint density at radius 3 is 2.35 bits per heavy atom. The van der Waals surface area contributed by atoms with Crippen LogP contribution in [0.3, 0.4) is 0 Å². The standard InChI is InChI=1S/C25H28N4O2/c1-25(2,3)20-9-7-18(8-10-20)24(30)26-21-6-4-5-19(17-21)22-11-12-23(28-27-22)29-13-15-31-16-14-29/h4-12,17H,13-16H2,1-3H3,(H,26,30). The monoisotopic (exact) mass is 416 g/mol. The summed E-state index contributed by atoms with van der Waals surface area (Å²) in [6.45, 7) is 9.55. The molecule has 1 saturated heterocycles. The van der Waals surface area contributed by atoms with Crippen molar-refractivity contribution < 1.29 is 9.53 Å². The first kappa shape index (κ1) is 21.0. The molecule has 0 bridgehead atoms. The fourth-order valence-corrected chi connectivity index (χ4v) is 3.52. The van der Waals surface area contributed by atoms with Crippen LogP contribution in [0.25, 0.3) is 11.3 Å². The second kappa shape index (κ2) is 8.86. The molecule has 2 aromatic carbocycles. The zero-order valence-electron chi connectivity index (χ0n) is 18.3. The fraction of sp³-hybridized carbons (Fsp3) is 0.320. The lowest BCUT2D eigenvalue weighted by Crippen LogP contribution is -2.36. The molecule has 0 spiro atoms. The van der Waals surface area contributed by atoms with Crippen LogP contribution in [0.15, 0.2) is 60.7 Å². The van der Waals surface area contributed by atoms with E-state index in [9.17, 15) is 4.79 Å². The first-order chi connectivity index (χ1) is 14.9. The van der Waals surface area contributed by atoms with Crippen molar-refractivity contribution in [2.24, 2.45) is 0 Å². The van der Waals surface area contributed by atoms with E-state index in [1.54, 1.807) is 0 Å². The van der Waals surface area contributed by atoms with Crippen LogP contribution in [-0.4, -0.2) is 42.4 Å². The Kier molecular flexibility index (Phi) is 6.00. The molecule has 3 aromatic rings. The largest absolute Gasteiger partial charge is 0.378 e. The Labute approximate surface area is 183 Å². The highest BCUT2D eigenvalue weighted by atomic mass is 16.5. The SMILES string of the molecule is CC(C)(C)c1ccc(C(=O)Nc2cccc(-c3ccc(N4CCOCC4)nn3)c2)cc1. The number of rotatable bonds is 4. The van der Waals surface area contributed by atoms with Crippen molar-refractivity contribution in [1.29, 1.82) is 0 Å². The number of anilines is 2. The summed E-state index contributed by atoms with van der Waals surface area (Å²) in [4.78, 5) is 14.9. The van der Waals surface area contributed by atoms with Crippen molar-refractivity contribution in [2.45, 2.75) is 26.2 Å². The number of ether oxygens (including phenoxy) is 1. The van der Waals surface area contributed by atoms with Gasteiger partial charge in [-0.2, -0.15) is 0 Å². The average molecular weight is 417 g/mol. The number of amides is 1. The topological polar surface area (TPSA) is 67.4 Å². The number of benzene rings is 2. The van der Waals surface area contributed by atoms with Gasteiger partial charge in [0.05, 0.1) is 18.9 Å². The van der Waals surface area contributed by atoms with Crippen LogP contribution in [0.2, 0.25) is 0 Å². The van der Waals surface area contributed by atoms with Crippen molar-refractivity contribution in [1.82, 2.24) is 10.2 Å². The fourth-order valence-electron chi connectivity index (χ4n) is 3.52. The molecule has 0 saturated carbocycles. The van der Waals surface area contributed by atoms with E-state index in [1.165, 1.54) is 5.56 Å².